The number of hydrogen-bond donors (Lipinski definition) is 2. The Morgan fingerprint density at radius 2 is 2.00 bits per heavy atom. The van der Waals surface area contributed by atoms with E-state index in [-0.39, 0.29) is 35.8 Å². The molecule has 2 aliphatic heterocycles. The summed E-state index contributed by atoms with van der Waals surface area (Å²) in [6.45, 7) is 12.9. The molecular weight excluding hydrogens is 534 g/mol. The molecule has 2 aromatic rings. The fourth-order valence-corrected chi connectivity index (χ4v) is 4.45. The molecular formula is C23H36FIN8. The van der Waals surface area contributed by atoms with Crippen LogP contribution in [0.25, 0.3) is 0 Å². The maximum atomic E-state index is 14.9. The number of likely N-dealkylation sites (N-methyl/N-ethyl adjacent to an activating group) is 1. The number of nitrogens with zero attached hydrogens (tertiary/aromatic N) is 6. The minimum absolute atomic E-state index is 0. The van der Waals surface area contributed by atoms with Crippen LogP contribution < -0.4 is 15.5 Å². The Morgan fingerprint density at radius 3 is 2.70 bits per heavy atom. The van der Waals surface area contributed by atoms with Crippen molar-refractivity contribution < 1.29 is 4.39 Å². The van der Waals surface area contributed by atoms with Crippen LogP contribution in [-0.4, -0.2) is 70.9 Å². The Kier molecular flexibility index (Phi) is 9.30. The Morgan fingerprint density at radius 1 is 1.21 bits per heavy atom. The van der Waals surface area contributed by atoms with Gasteiger partial charge in [-0.05, 0) is 44.5 Å². The first-order valence-corrected chi connectivity index (χ1v) is 11.8. The molecule has 8 nitrogen and oxygen atoms in total. The fourth-order valence-electron chi connectivity index (χ4n) is 4.45. The van der Waals surface area contributed by atoms with Crippen LogP contribution in [0.1, 0.15) is 37.5 Å². The number of nitrogens with one attached hydrogen (secondary N) is 2. The Bertz CT molecular complexity index is 939. The third kappa shape index (κ3) is 6.56. The van der Waals surface area contributed by atoms with Crippen LogP contribution in [0.3, 0.4) is 0 Å². The van der Waals surface area contributed by atoms with E-state index < -0.39 is 0 Å². The summed E-state index contributed by atoms with van der Waals surface area (Å²) in [6.07, 6.45) is 1.88. The highest BCUT2D eigenvalue weighted by molar-refractivity contribution is 14.0. The quantitative estimate of drug-likeness (QED) is 0.316. The number of guanidine groups is 1. The van der Waals surface area contributed by atoms with Crippen molar-refractivity contribution >= 4 is 35.6 Å². The lowest BCUT2D eigenvalue weighted by molar-refractivity contribution is 0.270. The summed E-state index contributed by atoms with van der Waals surface area (Å²) in [4.78, 5) is 13.7. The van der Waals surface area contributed by atoms with Gasteiger partial charge in [0.15, 0.2) is 5.96 Å². The van der Waals surface area contributed by atoms with Gasteiger partial charge in [0, 0.05) is 45.2 Å². The normalized spacial score (nSPS) is 19.1. The molecule has 1 aromatic carbocycles. The SMILES string of the molecule is CCNC(=NCc1ccc(N2CCN(CC)CC2)c(F)c1)NC1CCc2nc(C)nn2C1.I. The summed E-state index contributed by atoms with van der Waals surface area (Å²) in [5.74, 6) is 2.45. The predicted molar refractivity (Wildman–Crippen MR) is 141 cm³/mol. The van der Waals surface area contributed by atoms with Crippen molar-refractivity contribution in [3.63, 3.8) is 0 Å². The second-order valence-electron chi connectivity index (χ2n) is 8.54. The molecule has 0 amide bonds. The summed E-state index contributed by atoms with van der Waals surface area (Å²) in [5.41, 5.74) is 1.56. The van der Waals surface area contributed by atoms with Crippen molar-refractivity contribution in [2.45, 2.75) is 52.7 Å². The molecule has 0 bridgehead atoms. The van der Waals surface area contributed by atoms with Crippen molar-refractivity contribution in [2.75, 3.05) is 44.2 Å². The Balaban J connectivity index is 0.00000306. The Hall–Kier alpha value is -1.95. The van der Waals surface area contributed by atoms with Crippen molar-refractivity contribution in [3.8, 4) is 0 Å². The molecule has 33 heavy (non-hydrogen) atoms. The average molecular weight is 570 g/mol. The molecule has 2 N–H and O–H groups in total. The molecule has 182 valence electrons. The zero-order chi connectivity index (χ0) is 22.5. The van der Waals surface area contributed by atoms with Crippen molar-refractivity contribution in [1.82, 2.24) is 30.3 Å². The van der Waals surface area contributed by atoms with Crippen molar-refractivity contribution in [1.29, 1.82) is 0 Å². The molecule has 4 rings (SSSR count). The number of aliphatic imine (C=N–C) groups is 1. The van der Waals surface area contributed by atoms with Crippen LogP contribution in [0.5, 0.6) is 0 Å². The van der Waals surface area contributed by atoms with Gasteiger partial charge in [-0.3, -0.25) is 0 Å². The maximum Gasteiger partial charge on any atom is 0.191 e. The second-order valence-corrected chi connectivity index (χ2v) is 8.54. The zero-order valence-electron chi connectivity index (χ0n) is 19.8. The van der Waals surface area contributed by atoms with Crippen LogP contribution in [0.2, 0.25) is 0 Å². The van der Waals surface area contributed by atoms with E-state index in [2.05, 4.69) is 37.4 Å². The lowest BCUT2D eigenvalue weighted by Crippen LogP contribution is -2.47. The molecule has 10 heteroatoms. The van der Waals surface area contributed by atoms with Gasteiger partial charge < -0.3 is 20.4 Å². The van der Waals surface area contributed by atoms with Gasteiger partial charge in [-0.2, -0.15) is 5.10 Å². The second kappa shape index (κ2) is 12.0. The molecule has 1 fully saturated rings. The van der Waals surface area contributed by atoms with Gasteiger partial charge in [0.05, 0.1) is 18.8 Å². The first-order chi connectivity index (χ1) is 15.6. The van der Waals surface area contributed by atoms with E-state index in [1.165, 1.54) is 0 Å². The molecule has 2 aliphatic rings. The number of aryl methyl sites for hydroxylation is 2. The number of halogens is 2. The monoisotopic (exact) mass is 570 g/mol. The summed E-state index contributed by atoms with van der Waals surface area (Å²) < 4.78 is 16.8. The highest BCUT2D eigenvalue weighted by Gasteiger charge is 2.22. The highest BCUT2D eigenvalue weighted by Crippen LogP contribution is 2.22. The third-order valence-electron chi connectivity index (χ3n) is 6.24. The topological polar surface area (TPSA) is 73.6 Å². The van der Waals surface area contributed by atoms with Gasteiger partial charge in [0.25, 0.3) is 0 Å². The van der Waals surface area contributed by atoms with Crippen LogP contribution in [0.4, 0.5) is 10.1 Å². The minimum atomic E-state index is -0.165. The third-order valence-corrected chi connectivity index (χ3v) is 6.24. The van der Waals surface area contributed by atoms with Crippen molar-refractivity contribution in [2.24, 2.45) is 4.99 Å². The first-order valence-electron chi connectivity index (χ1n) is 11.8. The molecule has 1 atom stereocenters. The van der Waals surface area contributed by atoms with Gasteiger partial charge in [0.1, 0.15) is 17.5 Å². The van der Waals surface area contributed by atoms with Crippen molar-refractivity contribution in [3.05, 3.63) is 41.2 Å². The van der Waals surface area contributed by atoms with Crippen LogP contribution in [0.15, 0.2) is 23.2 Å². The predicted octanol–water partition coefficient (Wildman–Crippen LogP) is 2.56. The van der Waals surface area contributed by atoms with E-state index in [4.69, 9.17) is 4.99 Å². The van der Waals surface area contributed by atoms with E-state index >= 15 is 0 Å². The standard InChI is InChI=1S/C23H35FN8.HI/c1-4-25-23(28-19-7-9-22-27-17(3)29-32(22)16-19)26-15-18-6-8-21(20(24)14-18)31-12-10-30(5-2)11-13-31;/h6,8,14,19H,4-5,7,9-13,15-16H2,1-3H3,(H2,25,26,28);1H. The Labute approximate surface area is 213 Å². The number of benzene rings is 1. The number of fused-ring (bicyclic) bond motifs is 1. The van der Waals surface area contributed by atoms with Crippen LogP contribution in [-0.2, 0) is 19.5 Å². The smallest absolute Gasteiger partial charge is 0.191 e. The average Bonchev–Trinajstić information content (AvgIpc) is 3.17. The number of anilines is 1. The summed E-state index contributed by atoms with van der Waals surface area (Å²) in [5, 5.41) is 11.3. The lowest BCUT2D eigenvalue weighted by atomic mass is 10.1. The summed E-state index contributed by atoms with van der Waals surface area (Å²) in [6, 6.07) is 5.75. The summed E-state index contributed by atoms with van der Waals surface area (Å²) in [7, 11) is 0. The van der Waals surface area contributed by atoms with E-state index in [1.54, 1.807) is 6.07 Å². The van der Waals surface area contributed by atoms with E-state index in [1.807, 2.05) is 30.7 Å². The van der Waals surface area contributed by atoms with Gasteiger partial charge >= 0.3 is 0 Å². The maximum absolute atomic E-state index is 14.9. The largest absolute Gasteiger partial charge is 0.367 e. The van der Waals surface area contributed by atoms with E-state index in [0.29, 0.717) is 12.2 Å². The van der Waals surface area contributed by atoms with Crippen LogP contribution >= 0.6 is 24.0 Å². The zero-order valence-corrected chi connectivity index (χ0v) is 22.2. The van der Waals surface area contributed by atoms with Gasteiger partial charge in [-0.25, -0.2) is 19.0 Å². The fraction of sp³-hybridized carbons (Fsp3) is 0.609. The molecule has 1 unspecified atom stereocenters. The minimum Gasteiger partial charge on any atom is -0.367 e. The van der Waals surface area contributed by atoms with Gasteiger partial charge in [-0.1, -0.05) is 13.0 Å². The molecule has 1 saturated heterocycles. The number of aromatic nitrogens is 3. The number of piperazine rings is 1. The van der Waals surface area contributed by atoms with Crippen LogP contribution in [0, 0.1) is 12.7 Å². The summed E-state index contributed by atoms with van der Waals surface area (Å²) >= 11 is 0. The molecule has 3 heterocycles. The molecule has 0 saturated carbocycles. The van der Waals surface area contributed by atoms with Gasteiger partial charge in [-0.15, -0.1) is 24.0 Å². The highest BCUT2D eigenvalue weighted by atomic mass is 127. The van der Waals surface area contributed by atoms with E-state index in [9.17, 15) is 4.39 Å². The number of hydrogen-bond acceptors (Lipinski definition) is 5. The number of rotatable bonds is 6. The lowest BCUT2D eigenvalue weighted by Gasteiger charge is -2.35. The van der Waals surface area contributed by atoms with Gasteiger partial charge in [0.2, 0.25) is 0 Å². The van der Waals surface area contributed by atoms with E-state index in [0.717, 1.165) is 81.8 Å². The molecule has 0 radical (unpaired) electrons. The molecule has 0 aliphatic carbocycles. The molecule has 0 spiro atoms. The first kappa shape index (κ1) is 25.7. The molecule has 1 aromatic heterocycles.